The highest BCUT2D eigenvalue weighted by molar-refractivity contribution is 7.89. The van der Waals surface area contributed by atoms with Crippen LogP contribution in [0, 0.1) is 5.82 Å². The first-order chi connectivity index (χ1) is 16.2. The molecule has 1 amide bonds. The molecule has 1 heterocycles. The number of carbonyl (C=O) groups is 1. The second kappa shape index (κ2) is 9.99. The van der Waals surface area contributed by atoms with Gasteiger partial charge >= 0.3 is 12.5 Å². The smallest absolute Gasteiger partial charge is 0.403 e. The van der Waals surface area contributed by atoms with Crippen molar-refractivity contribution in [3.63, 3.8) is 0 Å². The normalized spacial score (nSPS) is 17.7. The van der Waals surface area contributed by atoms with Gasteiger partial charge in [0.05, 0.1) is 10.5 Å². The summed E-state index contributed by atoms with van der Waals surface area (Å²) in [5.74, 6) is -3.18. The Morgan fingerprint density at radius 2 is 1.74 bits per heavy atom. The molecule has 1 aliphatic heterocycles. The summed E-state index contributed by atoms with van der Waals surface area (Å²) in [4.78, 5) is 12.3. The van der Waals surface area contributed by atoms with E-state index < -0.39 is 56.5 Å². The third kappa shape index (κ3) is 6.61. The van der Waals surface area contributed by atoms with Gasteiger partial charge in [-0.15, -0.1) is 13.2 Å². The Bertz CT molecular complexity index is 1170. The van der Waals surface area contributed by atoms with Crippen molar-refractivity contribution in [3.05, 3.63) is 59.4 Å². The van der Waals surface area contributed by atoms with Crippen LogP contribution in [0.2, 0.25) is 0 Å². The molecule has 0 aliphatic carbocycles. The van der Waals surface area contributed by atoms with Gasteiger partial charge in [-0.05, 0) is 42.0 Å². The fourth-order valence-electron chi connectivity index (χ4n) is 3.32. The number of ether oxygens (including phenoxy) is 1. The zero-order valence-corrected chi connectivity index (χ0v) is 18.4. The monoisotopic (exact) mass is 529 g/mol. The van der Waals surface area contributed by atoms with Crippen LogP contribution in [0.1, 0.15) is 11.1 Å². The largest absolute Gasteiger partial charge is 0.573 e. The summed E-state index contributed by atoms with van der Waals surface area (Å²) in [5, 5.41) is 5.22. The Kier molecular flexibility index (Phi) is 7.62. The summed E-state index contributed by atoms with van der Waals surface area (Å²) in [6.07, 6.45) is -9.75. The minimum atomic E-state index is -5.09. The van der Waals surface area contributed by atoms with Crippen LogP contribution in [-0.4, -0.2) is 50.7 Å². The molecule has 7 nitrogen and oxygen atoms in total. The van der Waals surface area contributed by atoms with Gasteiger partial charge in [-0.1, -0.05) is 6.07 Å². The van der Waals surface area contributed by atoms with Gasteiger partial charge in [0.15, 0.2) is 11.6 Å². The molecule has 0 radical (unpaired) electrons. The zero-order valence-electron chi connectivity index (χ0n) is 17.6. The van der Waals surface area contributed by atoms with Crippen LogP contribution >= 0.6 is 0 Å². The van der Waals surface area contributed by atoms with Crippen molar-refractivity contribution < 1.29 is 48.7 Å². The lowest BCUT2D eigenvalue weighted by molar-refractivity contribution is -0.275. The number of piperazine rings is 1. The lowest BCUT2D eigenvalue weighted by atomic mass is 10.2. The molecule has 0 bridgehead atoms. The molecule has 1 fully saturated rings. The number of nitrogens with one attached hydrogen (secondary N) is 2. The highest BCUT2D eigenvalue weighted by atomic mass is 32.2. The van der Waals surface area contributed by atoms with Crippen molar-refractivity contribution in [2.75, 3.05) is 19.6 Å². The Hall–Kier alpha value is -2.91. The van der Waals surface area contributed by atoms with Gasteiger partial charge in [-0.2, -0.15) is 17.5 Å². The van der Waals surface area contributed by atoms with Crippen molar-refractivity contribution in [1.82, 2.24) is 14.9 Å². The maximum Gasteiger partial charge on any atom is 0.573 e. The number of hydrogen-bond acceptors (Lipinski definition) is 5. The Balaban J connectivity index is 1.72. The molecular weight excluding hydrogens is 511 g/mol. The molecule has 2 aromatic rings. The van der Waals surface area contributed by atoms with Crippen molar-refractivity contribution >= 4 is 15.9 Å². The second-order valence-corrected chi connectivity index (χ2v) is 9.28. The zero-order chi connectivity index (χ0) is 26.0. The standard InChI is InChI=1S/C20H18F7N3O4S/c21-15-9-12(1-6-17(15)34-20(25,26)27)10-29-18(31)16-11-28-7-8-30(16)35(32,33)14-4-2-13(3-5-14)19(22,23)24/h1-6,9,16,28H,7-8,10-11H2,(H,29,31)/t16-/m1/s1. The van der Waals surface area contributed by atoms with E-state index in [2.05, 4.69) is 15.4 Å². The van der Waals surface area contributed by atoms with E-state index in [1.165, 1.54) is 0 Å². The topological polar surface area (TPSA) is 87.7 Å². The van der Waals surface area contributed by atoms with Crippen LogP contribution in [0.5, 0.6) is 5.75 Å². The van der Waals surface area contributed by atoms with Gasteiger partial charge in [0.25, 0.3) is 0 Å². The molecule has 15 heteroatoms. The Labute approximate surface area is 194 Å². The van der Waals surface area contributed by atoms with Crippen LogP contribution < -0.4 is 15.4 Å². The number of carbonyl (C=O) groups excluding carboxylic acids is 1. The third-order valence-electron chi connectivity index (χ3n) is 4.97. The first-order valence-electron chi connectivity index (χ1n) is 9.90. The quantitative estimate of drug-likeness (QED) is 0.562. The van der Waals surface area contributed by atoms with E-state index in [9.17, 15) is 43.9 Å². The molecule has 1 aliphatic rings. The average Bonchev–Trinajstić information content (AvgIpc) is 2.78. The molecule has 192 valence electrons. The van der Waals surface area contributed by atoms with Crippen molar-refractivity contribution in [3.8, 4) is 5.75 Å². The van der Waals surface area contributed by atoms with Gasteiger partial charge in [0, 0.05) is 26.2 Å². The lowest BCUT2D eigenvalue weighted by Gasteiger charge is -2.34. The summed E-state index contributed by atoms with van der Waals surface area (Å²) >= 11 is 0. The number of hydrogen-bond donors (Lipinski definition) is 2. The maximum atomic E-state index is 13.9. The summed E-state index contributed by atoms with van der Waals surface area (Å²) in [6.45, 7) is -0.430. The maximum absolute atomic E-state index is 13.9. The Morgan fingerprint density at radius 3 is 2.31 bits per heavy atom. The van der Waals surface area contributed by atoms with Crippen molar-refractivity contribution in [1.29, 1.82) is 0 Å². The number of rotatable bonds is 6. The van der Waals surface area contributed by atoms with Gasteiger partial charge in [-0.25, -0.2) is 12.8 Å². The molecule has 0 aromatic heterocycles. The van der Waals surface area contributed by atoms with Crippen LogP contribution in [0.3, 0.4) is 0 Å². The molecular formula is C20H18F7N3O4S. The minimum Gasteiger partial charge on any atom is -0.403 e. The van der Waals surface area contributed by atoms with Crippen LogP contribution in [-0.2, 0) is 27.5 Å². The van der Waals surface area contributed by atoms with Gasteiger partial charge < -0.3 is 15.4 Å². The molecule has 0 saturated carbocycles. The van der Waals surface area contributed by atoms with Crippen LogP contribution in [0.4, 0.5) is 30.7 Å². The van der Waals surface area contributed by atoms with E-state index >= 15 is 0 Å². The van der Waals surface area contributed by atoms with E-state index in [1.54, 1.807) is 0 Å². The van der Waals surface area contributed by atoms with E-state index in [-0.39, 0.29) is 31.7 Å². The first kappa shape index (κ1) is 26.7. The molecule has 2 N–H and O–H groups in total. The van der Waals surface area contributed by atoms with Crippen molar-refractivity contribution in [2.45, 2.75) is 30.0 Å². The summed E-state index contributed by atoms with van der Waals surface area (Å²) in [5.41, 5.74) is -0.962. The summed E-state index contributed by atoms with van der Waals surface area (Å²) < 4.78 is 119. The number of halogens is 7. The summed E-state index contributed by atoms with van der Waals surface area (Å²) in [7, 11) is -4.35. The van der Waals surface area contributed by atoms with Gasteiger partial charge in [0.1, 0.15) is 6.04 Å². The van der Waals surface area contributed by atoms with E-state index in [0.717, 1.165) is 34.6 Å². The third-order valence-corrected chi connectivity index (χ3v) is 6.90. The van der Waals surface area contributed by atoms with E-state index in [0.29, 0.717) is 12.1 Å². The second-order valence-electron chi connectivity index (χ2n) is 7.39. The molecule has 0 unspecified atom stereocenters. The fraction of sp³-hybridized carbons (Fsp3) is 0.350. The molecule has 2 aromatic carbocycles. The molecule has 3 rings (SSSR count). The predicted molar refractivity (Wildman–Crippen MR) is 107 cm³/mol. The molecule has 1 saturated heterocycles. The average molecular weight is 529 g/mol. The van der Waals surface area contributed by atoms with E-state index in [4.69, 9.17) is 0 Å². The highest BCUT2D eigenvalue weighted by Gasteiger charge is 2.38. The number of nitrogens with zero attached hydrogens (tertiary/aromatic N) is 1. The molecule has 1 atom stereocenters. The first-order valence-corrected chi connectivity index (χ1v) is 11.3. The Morgan fingerprint density at radius 1 is 1.09 bits per heavy atom. The molecule has 0 spiro atoms. The minimum absolute atomic E-state index is 0.0753. The SMILES string of the molecule is O=C(NCc1ccc(OC(F)(F)F)c(F)c1)[C@H]1CNCCN1S(=O)(=O)c1ccc(C(F)(F)F)cc1. The van der Waals surface area contributed by atoms with E-state index in [1.807, 2.05) is 0 Å². The predicted octanol–water partition coefficient (Wildman–Crippen LogP) is 3.02. The van der Waals surface area contributed by atoms with Crippen LogP contribution in [0.15, 0.2) is 47.4 Å². The van der Waals surface area contributed by atoms with Crippen LogP contribution in [0.25, 0.3) is 0 Å². The molecule has 35 heavy (non-hydrogen) atoms. The lowest BCUT2D eigenvalue weighted by Crippen LogP contribution is -2.59. The van der Waals surface area contributed by atoms with Gasteiger partial charge in [-0.3, -0.25) is 4.79 Å². The fourth-order valence-corrected chi connectivity index (χ4v) is 4.90. The number of sulfonamides is 1. The van der Waals surface area contributed by atoms with Crippen molar-refractivity contribution in [2.24, 2.45) is 0 Å². The summed E-state index contributed by atoms with van der Waals surface area (Å²) in [6, 6.07) is 4.07. The number of amides is 1. The number of benzene rings is 2. The van der Waals surface area contributed by atoms with Gasteiger partial charge in [0.2, 0.25) is 15.9 Å². The number of alkyl halides is 6. The highest BCUT2D eigenvalue weighted by Crippen LogP contribution is 2.31.